The van der Waals surface area contributed by atoms with E-state index >= 15 is 0 Å². The Kier molecular flexibility index (Phi) is 8.42. The summed E-state index contributed by atoms with van der Waals surface area (Å²) in [6, 6.07) is 44.6. The van der Waals surface area contributed by atoms with Crippen LogP contribution in [0.1, 0.15) is 33.7 Å². The Morgan fingerprint density at radius 3 is 1.49 bits per heavy atom. The Hall–Kier alpha value is -5.69. The van der Waals surface area contributed by atoms with Crippen molar-refractivity contribution in [1.29, 1.82) is 0 Å². The lowest BCUT2D eigenvalue weighted by Crippen LogP contribution is -2.52. The molecule has 0 saturated carbocycles. The van der Waals surface area contributed by atoms with E-state index in [1.165, 1.54) is 0 Å². The van der Waals surface area contributed by atoms with Gasteiger partial charge >= 0.3 is 12.1 Å². The standard InChI is InChI=1S/C38H32N2O5/c41-35(39-38(27-14-4-1-5-15-27,28-16-6-2-7-17-28)29-18-8-3-9-19-29)24-40(25-36(42)43)37(44)45-26-34-32-22-12-10-20-30(32)31-21-11-13-23-33(31)34/h1-23,34H,24-26H2,(H,39,41)(H,42,43). The molecule has 6 rings (SSSR count). The van der Waals surface area contributed by atoms with E-state index in [0.29, 0.717) is 0 Å². The number of amides is 2. The number of hydrogen-bond acceptors (Lipinski definition) is 4. The fourth-order valence-corrected chi connectivity index (χ4v) is 6.24. The molecule has 0 saturated heterocycles. The first-order chi connectivity index (χ1) is 22.0. The molecule has 0 fully saturated rings. The molecular formula is C38H32N2O5. The van der Waals surface area contributed by atoms with Crippen molar-refractivity contribution in [3.05, 3.63) is 167 Å². The molecule has 0 unspecified atom stereocenters. The van der Waals surface area contributed by atoms with Crippen LogP contribution in [0.3, 0.4) is 0 Å². The van der Waals surface area contributed by atoms with Gasteiger partial charge in [-0.1, -0.05) is 140 Å². The SMILES string of the molecule is O=C(O)CN(CC(=O)NC(c1ccccc1)(c1ccccc1)c1ccccc1)C(=O)OCC1c2ccccc2-c2ccccc21. The maximum Gasteiger partial charge on any atom is 0.410 e. The first-order valence-electron chi connectivity index (χ1n) is 14.8. The highest BCUT2D eigenvalue weighted by molar-refractivity contribution is 5.86. The van der Waals surface area contributed by atoms with Gasteiger partial charge in [0.2, 0.25) is 5.91 Å². The third kappa shape index (κ3) is 5.93. The van der Waals surface area contributed by atoms with Crippen molar-refractivity contribution in [3.8, 4) is 11.1 Å². The first kappa shape index (κ1) is 29.4. The number of carbonyl (C=O) groups excluding carboxylic acids is 2. The number of carboxylic acid groups (broad SMARTS) is 1. The van der Waals surface area contributed by atoms with E-state index in [9.17, 15) is 19.5 Å². The van der Waals surface area contributed by atoms with E-state index in [1.54, 1.807) is 0 Å². The second-order valence-corrected chi connectivity index (χ2v) is 11.0. The summed E-state index contributed by atoms with van der Waals surface area (Å²) in [6.07, 6.45) is -0.876. The molecule has 0 aliphatic heterocycles. The van der Waals surface area contributed by atoms with E-state index in [2.05, 4.69) is 5.32 Å². The zero-order chi connectivity index (χ0) is 31.2. The molecule has 224 valence electrons. The number of aliphatic carboxylic acids is 1. The van der Waals surface area contributed by atoms with Crippen molar-refractivity contribution in [2.75, 3.05) is 19.7 Å². The van der Waals surface area contributed by atoms with Gasteiger partial charge in [-0.3, -0.25) is 14.5 Å². The third-order valence-electron chi connectivity index (χ3n) is 8.20. The Morgan fingerprint density at radius 2 is 1.04 bits per heavy atom. The van der Waals surface area contributed by atoms with Crippen LogP contribution in [-0.4, -0.2) is 47.7 Å². The number of rotatable bonds is 10. The van der Waals surface area contributed by atoms with Crippen molar-refractivity contribution in [1.82, 2.24) is 10.2 Å². The molecule has 2 amide bonds. The van der Waals surface area contributed by atoms with Gasteiger partial charge in [-0.25, -0.2) is 4.79 Å². The highest BCUT2D eigenvalue weighted by atomic mass is 16.6. The van der Waals surface area contributed by atoms with E-state index in [1.807, 2.05) is 140 Å². The summed E-state index contributed by atoms with van der Waals surface area (Å²) in [5, 5.41) is 12.9. The number of fused-ring (bicyclic) bond motifs is 3. The van der Waals surface area contributed by atoms with E-state index in [4.69, 9.17) is 4.74 Å². The lowest BCUT2D eigenvalue weighted by molar-refractivity contribution is -0.138. The molecule has 5 aromatic carbocycles. The summed E-state index contributed by atoms with van der Waals surface area (Å²) in [6.45, 7) is -1.21. The summed E-state index contributed by atoms with van der Waals surface area (Å²) in [5.41, 5.74) is 5.53. The second kappa shape index (κ2) is 12.9. The topological polar surface area (TPSA) is 95.9 Å². The Balaban J connectivity index is 1.27. The van der Waals surface area contributed by atoms with Crippen LogP contribution >= 0.6 is 0 Å². The minimum Gasteiger partial charge on any atom is -0.480 e. The van der Waals surface area contributed by atoms with Crippen molar-refractivity contribution in [3.63, 3.8) is 0 Å². The van der Waals surface area contributed by atoms with E-state index in [-0.39, 0.29) is 12.5 Å². The fourth-order valence-electron chi connectivity index (χ4n) is 6.24. The minimum absolute atomic E-state index is 0.00653. The second-order valence-electron chi connectivity index (χ2n) is 11.0. The van der Waals surface area contributed by atoms with Crippen molar-refractivity contribution < 1.29 is 24.2 Å². The minimum atomic E-state index is -1.25. The molecule has 0 spiro atoms. The number of carboxylic acids is 1. The lowest BCUT2D eigenvalue weighted by atomic mass is 9.77. The third-order valence-corrected chi connectivity index (χ3v) is 8.20. The van der Waals surface area contributed by atoms with Gasteiger partial charge < -0.3 is 15.2 Å². The zero-order valence-corrected chi connectivity index (χ0v) is 24.5. The van der Waals surface area contributed by atoms with E-state index in [0.717, 1.165) is 43.8 Å². The maximum atomic E-state index is 13.9. The summed E-state index contributed by atoms with van der Waals surface area (Å²) in [7, 11) is 0. The van der Waals surface area contributed by atoms with Crippen LogP contribution in [0.25, 0.3) is 11.1 Å². The molecule has 1 aliphatic carbocycles. The highest BCUT2D eigenvalue weighted by Gasteiger charge is 2.39. The van der Waals surface area contributed by atoms with Gasteiger partial charge in [-0.15, -0.1) is 0 Å². The van der Waals surface area contributed by atoms with Gasteiger partial charge in [0, 0.05) is 5.92 Å². The first-order valence-corrected chi connectivity index (χ1v) is 14.8. The Morgan fingerprint density at radius 1 is 0.622 bits per heavy atom. The summed E-state index contributed by atoms with van der Waals surface area (Å²) < 4.78 is 5.73. The van der Waals surface area contributed by atoms with Crippen LogP contribution in [0.15, 0.2) is 140 Å². The van der Waals surface area contributed by atoms with Crippen molar-refractivity contribution >= 4 is 18.0 Å². The summed E-state index contributed by atoms with van der Waals surface area (Å²) >= 11 is 0. The van der Waals surface area contributed by atoms with Gasteiger partial charge in [-0.05, 0) is 38.9 Å². The average Bonchev–Trinajstić information content (AvgIpc) is 3.40. The maximum absolute atomic E-state index is 13.9. The van der Waals surface area contributed by atoms with Gasteiger partial charge in [0.25, 0.3) is 0 Å². The number of carbonyl (C=O) groups is 3. The molecule has 0 radical (unpaired) electrons. The zero-order valence-electron chi connectivity index (χ0n) is 24.5. The smallest absolute Gasteiger partial charge is 0.410 e. The number of nitrogens with zero attached hydrogens (tertiary/aromatic N) is 1. The van der Waals surface area contributed by atoms with Crippen molar-refractivity contribution in [2.45, 2.75) is 11.5 Å². The monoisotopic (exact) mass is 596 g/mol. The largest absolute Gasteiger partial charge is 0.480 e. The molecule has 0 atom stereocenters. The molecule has 2 N–H and O–H groups in total. The van der Waals surface area contributed by atoms with Crippen LogP contribution in [0.4, 0.5) is 4.79 Å². The van der Waals surface area contributed by atoms with Crippen molar-refractivity contribution in [2.24, 2.45) is 0 Å². The van der Waals surface area contributed by atoms with Gasteiger partial charge in [0.05, 0.1) is 0 Å². The fraction of sp³-hybridized carbons (Fsp3) is 0.132. The number of benzene rings is 5. The Labute approximate surface area is 261 Å². The van der Waals surface area contributed by atoms with Gasteiger partial charge in [0.15, 0.2) is 0 Å². The number of ether oxygens (including phenoxy) is 1. The number of hydrogen-bond donors (Lipinski definition) is 2. The van der Waals surface area contributed by atoms with E-state index < -0.39 is 36.6 Å². The van der Waals surface area contributed by atoms with Crippen LogP contribution in [0.2, 0.25) is 0 Å². The molecule has 1 aliphatic rings. The predicted octanol–water partition coefficient (Wildman–Crippen LogP) is 6.43. The highest BCUT2D eigenvalue weighted by Crippen LogP contribution is 2.44. The molecule has 45 heavy (non-hydrogen) atoms. The average molecular weight is 597 g/mol. The molecule has 7 nitrogen and oxygen atoms in total. The Bertz CT molecular complexity index is 1670. The summed E-state index contributed by atoms with van der Waals surface area (Å²) in [5.74, 6) is -2.00. The quantitative estimate of drug-likeness (QED) is 0.181. The molecule has 5 aromatic rings. The van der Waals surface area contributed by atoms with Crippen LogP contribution < -0.4 is 5.32 Å². The molecule has 0 bridgehead atoms. The summed E-state index contributed by atoms with van der Waals surface area (Å²) in [4.78, 5) is 40.1. The predicted molar refractivity (Wildman–Crippen MR) is 172 cm³/mol. The number of nitrogens with one attached hydrogen (secondary N) is 1. The molecular weight excluding hydrogens is 564 g/mol. The van der Waals surface area contributed by atoms with Gasteiger partial charge in [-0.2, -0.15) is 0 Å². The molecule has 7 heteroatoms. The van der Waals surface area contributed by atoms with Gasteiger partial charge in [0.1, 0.15) is 25.2 Å². The molecule has 0 heterocycles. The lowest BCUT2D eigenvalue weighted by Gasteiger charge is -2.37. The normalized spacial score (nSPS) is 12.1. The van der Waals surface area contributed by atoms with Crippen LogP contribution in [0.5, 0.6) is 0 Å². The van der Waals surface area contributed by atoms with Crippen LogP contribution in [-0.2, 0) is 19.9 Å². The van der Waals surface area contributed by atoms with Crippen LogP contribution in [0, 0.1) is 0 Å². The molecule has 0 aromatic heterocycles.